The largest absolute Gasteiger partial charge is 0.462 e. The van der Waals surface area contributed by atoms with E-state index in [4.69, 9.17) is 4.74 Å². The average Bonchev–Trinajstić information content (AvgIpc) is 3.12. The summed E-state index contributed by atoms with van der Waals surface area (Å²) in [6, 6.07) is 7.00. The predicted molar refractivity (Wildman–Crippen MR) is 112 cm³/mol. The molecule has 4 nitrogen and oxygen atoms in total. The lowest BCUT2D eigenvalue weighted by molar-refractivity contribution is -0.122. The van der Waals surface area contributed by atoms with Gasteiger partial charge in [-0.25, -0.2) is 4.79 Å². The van der Waals surface area contributed by atoms with E-state index in [2.05, 4.69) is 28.8 Å². The number of carbonyl (C=O) groups is 2. The quantitative estimate of drug-likeness (QED) is 0.729. The van der Waals surface area contributed by atoms with Crippen LogP contribution in [0.1, 0.15) is 49.4 Å². The molecule has 3 aliphatic rings. The normalized spacial score (nSPS) is 28.7. The highest BCUT2D eigenvalue weighted by Gasteiger charge is 2.55. The van der Waals surface area contributed by atoms with Gasteiger partial charge in [-0.3, -0.25) is 4.79 Å². The Hall–Kier alpha value is -1.14. The minimum atomic E-state index is -0.327. The second kappa shape index (κ2) is 8.08. The van der Waals surface area contributed by atoms with Crippen molar-refractivity contribution in [3.8, 4) is 0 Å². The van der Waals surface area contributed by atoms with Crippen LogP contribution in [0.25, 0.3) is 0 Å². The highest BCUT2D eigenvalue weighted by molar-refractivity contribution is 8.21. The zero-order valence-corrected chi connectivity index (χ0v) is 17.4. The van der Waals surface area contributed by atoms with Crippen molar-refractivity contribution in [1.29, 1.82) is 0 Å². The Morgan fingerprint density at radius 3 is 2.33 bits per heavy atom. The van der Waals surface area contributed by atoms with Crippen LogP contribution in [0.5, 0.6) is 0 Å². The summed E-state index contributed by atoms with van der Waals surface area (Å²) in [6.07, 6.45) is 5.90. The van der Waals surface area contributed by atoms with E-state index in [9.17, 15) is 9.59 Å². The number of hydrogen-bond acceptors (Lipinski definition) is 5. The van der Waals surface area contributed by atoms with Crippen LogP contribution in [0.15, 0.2) is 24.3 Å². The lowest BCUT2D eigenvalue weighted by Gasteiger charge is -2.52. The third-order valence-electron chi connectivity index (χ3n) is 6.15. The number of carbonyl (C=O) groups excluding carboxylic acids is 2. The highest BCUT2D eigenvalue weighted by atomic mass is 32.2. The molecule has 27 heavy (non-hydrogen) atoms. The molecule has 2 aliphatic carbocycles. The summed E-state index contributed by atoms with van der Waals surface area (Å²) < 4.78 is 5.40. The maximum absolute atomic E-state index is 12.9. The summed E-state index contributed by atoms with van der Waals surface area (Å²) in [4.78, 5) is 24.7. The van der Waals surface area contributed by atoms with Crippen LogP contribution in [0.3, 0.4) is 0 Å². The van der Waals surface area contributed by atoms with Gasteiger partial charge >= 0.3 is 5.97 Å². The molecule has 4 rings (SSSR count). The van der Waals surface area contributed by atoms with Crippen LogP contribution < -0.4 is 5.32 Å². The fourth-order valence-electron chi connectivity index (χ4n) is 4.97. The summed E-state index contributed by atoms with van der Waals surface area (Å²) >= 11 is 4.34. The summed E-state index contributed by atoms with van der Waals surface area (Å²) in [5.74, 6) is 3.79. The Morgan fingerprint density at radius 2 is 1.74 bits per heavy atom. The summed E-state index contributed by atoms with van der Waals surface area (Å²) in [5, 5.41) is 3.07. The van der Waals surface area contributed by atoms with Crippen molar-refractivity contribution in [2.45, 2.75) is 43.1 Å². The average molecular weight is 406 g/mol. The van der Waals surface area contributed by atoms with E-state index in [0.29, 0.717) is 28.1 Å². The molecule has 1 spiro atoms. The third kappa shape index (κ3) is 3.75. The first-order valence-corrected chi connectivity index (χ1v) is 12.0. The van der Waals surface area contributed by atoms with Crippen molar-refractivity contribution in [3.63, 3.8) is 0 Å². The highest BCUT2D eigenvalue weighted by Crippen LogP contribution is 2.64. The fourth-order valence-corrected chi connectivity index (χ4v) is 8.91. The van der Waals surface area contributed by atoms with Crippen LogP contribution in [-0.4, -0.2) is 34.1 Å². The SMILES string of the molecule is CCOC(=O)c1ccc(NC(=O)C2C[C@H]3CCC[C@H](C2)C32SCCS2)cc1. The first-order chi connectivity index (χ1) is 13.1. The van der Waals surface area contributed by atoms with E-state index in [1.165, 1.54) is 30.8 Å². The fraction of sp³-hybridized carbons (Fsp3) is 0.619. The van der Waals surface area contributed by atoms with Gasteiger partial charge in [0.05, 0.1) is 16.2 Å². The Labute approximate surface area is 169 Å². The number of rotatable bonds is 4. The maximum atomic E-state index is 12.9. The Morgan fingerprint density at radius 1 is 1.11 bits per heavy atom. The Balaban J connectivity index is 1.40. The van der Waals surface area contributed by atoms with Crippen LogP contribution in [0, 0.1) is 17.8 Å². The van der Waals surface area contributed by atoms with Crippen molar-refractivity contribution in [3.05, 3.63) is 29.8 Å². The molecule has 1 saturated heterocycles. The smallest absolute Gasteiger partial charge is 0.338 e. The molecule has 0 unspecified atom stereocenters. The molecule has 1 aromatic rings. The maximum Gasteiger partial charge on any atom is 0.338 e. The zero-order chi connectivity index (χ0) is 18.9. The van der Waals surface area contributed by atoms with Gasteiger partial charge in [0.2, 0.25) is 5.91 Å². The van der Waals surface area contributed by atoms with Crippen LogP contribution in [0.4, 0.5) is 5.69 Å². The first-order valence-electron chi connectivity index (χ1n) is 9.98. The van der Waals surface area contributed by atoms with E-state index >= 15 is 0 Å². The molecule has 1 aromatic carbocycles. The van der Waals surface area contributed by atoms with Crippen molar-refractivity contribution < 1.29 is 14.3 Å². The molecule has 1 aliphatic heterocycles. The molecule has 0 radical (unpaired) electrons. The standard InChI is InChI=1S/C21H27NO3S2/c1-2-25-20(24)14-6-8-18(9-7-14)22-19(23)15-12-16-4-3-5-17(13-15)21(16)26-10-11-27-21/h6-9,15-17H,2-5,10-13H2,1H3,(H,22,23)/t16-,17-/m1/s1. The van der Waals surface area contributed by atoms with E-state index < -0.39 is 0 Å². The number of esters is 1. The molecule has 2 atom stereocenters. The lowest BCUT2D eigenvalue weighted by atomic mass is 9.67. The number of ether oxygens (including phenoxy) is 1. The van der Waals surface area contributed by atoms with Gasteiger partial charge < -0.3 is 10.1 Å². The van der Waals surface area contributed by atoms with E-state index in [1.807, 2.05) is 0 Å². The molecule has 3 fully saturated rings. The minimum Gasteiger partial charge on any atom is -0.462 e. The molecule has 2 saturated carbocycles. The molecule has 1 heterocycles. The van der Waals surface area contributed by atoms with Crippen LogP contribution in [-0.2, 0) is 9.53 Å². The second-order valence-corrected chi connectivity index (χ2v) is 10.7. The number of amides is 1. The van der Waals surface area contributed by atoms with Crippen molar-refractivity contribution in [2.75, 3.05) is 23.4 Å². The second-order valence-electron chi connectivity index (χ2n) is 7.70. The molecular weight excluding hydrogens is 378 g/mol. The molecule has 1 N–H and O–H groups in total. The lowest BCUT2D eigenvalue weighted by Crippen LogP contribution is -2.48. The van der Waals surface area contributed by atoms with Crippen LogP contribution in [0.2, 0.25) is 0 Å². The molecule has 0 aromatic heterocycles. The van der Waals surface area contributed by atoms with Gasteiger partial charge in [-0.05, 0) is 68.7 Å². The van der Waals surface area contributed by atoms with Crippen molar-refractivity contribution >= 4 is 41.1 Å². The van der Waals surface area contributed by atoms with Gasteiger partial charge in [-0.2, -0.15) is 0 Å². The number of anilines is 1. The molecule has 1 amide bonds. The zero-order valence-electron chi connectivity index (χ0n) is 15.7. The number of hydrogen-bond donors (Lipinski definition) is 1. The predicted octanol–water partition coefficient (Wildman–Crippen LogP) is 4.80. The number of nitrogens with one attached hydrogen (secondary N) is 1. The van der Waals surface area contributed by atoms with E-state index in [1.54, 1.807) is 31.2 Å². The minimum absolute atomic E-state index is 0.109. The Bertz CT molecular complexity index is 684. The number of benzene rings is 1. The summed E-state index contributed by atoms with van der Waals surface area (Å²) in [5.41, 5.74) is 1.27. The van der Waals surface area contributed by atoms with Gasteiger partial charge in [0.25, 0.3) is 0 Å². The van der Waals surface area contributed by atoms with Gasteiger partial charge in [-0.15, -0.1) is 23.5 Å². The summed E-state index contributed by atoms with van der Waals surface area (Å²) in [6.45, 7) is 2.15. The molecule has 2 bridgehead atoms. The van der Waals surface area contributed by atoms with Gasteiger partial charge in [0, 0.05) is 23.1 Å². The topological polar surface area (TPSA) is 55.4 Å². The summed E-state index contributed by atoms with van der Waals surface area (Å²) in [7, 11) is 0. The van der Waals surface area contributed by atoms with Gasteiger partial charge in [0.15, 0.2) is 0 Å². The first kappa shape index (κ1) is 19.2. The Kier molecular flexibility index (Phi) is 5.74. The molecule has 6 heteroatoms. The van der Waals surface area contributed by atoms with E-state index in [-0.39, 0.29) is 17.8 Å². The van der Waals surface area contributed by atoms with E-state index in [0.717, 1.165) is 18.5 Å². The third-order valence-corrected chi connectivity index (χ3v) is 10.2. The number of thioether (sulfide) groups is 2. The van der Waals surface area contributed by atoms with Crippen molar-refractivity contribution in [2.24, 2.45) is 17.8 Å². The van der Waals surface area contributed by atoms with Crippen LogP contribution >= 0.6 is 23.5 Å². The monoisotopic (exact) mass is 405 g/mol. The molecule has 146 valence electrons. The van der Waals surface area contributed by atoms with Crippen molar-refractivity contribution in [1.82, 2.24) is 0 Å². The van der Waals surface area contributed by atoms with Gasteiger partial charge in [0.1, 0.15) is 0 Å². The molecular formula is C21H27NO3S2. The van der Waals surface area contributed by atoms with Gasteiger partial charge in [-0.1, -0.05) is 6.42 Å².